The predicted octanol–water partition coefficient (Wildman–Crippen LogP) is 0.575. The lowest BCUT2D eigenvalue weighted by molar-refractivity contribution is 0.575. The van der Waals surface area contributed by atoms with Gasteiger partial charge < -0.3 is 5.73 Å². The molecule has 74 valence electrons. The quantitative estimate of drug-likeness (QED) is 0.753. The topological polar surface area (TPSA) is 69.1 Å². The Labute approximate surface area is 82.0 Å². The molecule has 0 aliphatic heterocycles. The van der Waals surface area contributed by atoms with Crippen molar-refractivity contribution in [2.45, 2.75) is 25.8 Å². The molecule has 0 aromatic carbocycles. The second-order valence-corrected chi connectivity index (χ2v) is 3.50. The summed E-state index contributed by atoms with van der Waals surface area (Å²) in [5.41, 5.74) is 5.82. The lowest BCUT2D eigenvalue weighted by Gasteiger charge is -2.12. The van der Waals surface area contributed by atoms with E-state index in [2.05, 4.69) is 15.2 Å². The molecule has 0 saturated heterocycles. The highest BCUT2D eigenvalue weighted by Gasteiger charge is 2.16. The van der Waals surface area contributed by atoms with E-state index in [9.17, 15) is 0 Å². The molecule has 2 N–H and O–H groups in total. The zero-order valence-electron chi connectivity index (χ0n) is 8.25. The van der Waals surface area contributed by atoms with Crippen LogP contribution < -0.4 is 5.73 Å². The minimum absolute atomic E-state index is 0.0580. The fourth-order valence-corrected chi connectivity index (χ4v) is 1.31. The van der Waals surface area contributed by atoms with Gasteiger partial charge in [0, 0.05) is 24.4 Å². The lowest BCUT2D eigenvalue weighted by Crippen LogP contribution is -2.24. The van der Waals surface area contributed by atoms with Crippen LogP contribution in [0.15, 0.2) is 18.5 Å². The molecule has 2 aromatic heterocycles. The van der Waals surface area contributed by atoms with E-state index in [4.69, 9.17) is 5.73 Å². The first kappa shape index (κ1) is 9.08. The summed E-state index contributed by atoms with van der Waals surface area (Å²) in [4.78, 5) is 4.09. The normalized spacial score (nSPS) is 15.6. The van der Waals surface area contributed by atoms with Crippen LogP contribution in [0.1, 0.15) is 25.6 Å². The van der Waals surface area contributed by atoms with Gasteiger partial charge in [0.2, 0.25) is 0 Å². The molecule has 0 fully saturated rings. The smallest absolute Gasteiger partial charge is 0.254 e. The lowest BCUT2D eigenvalue weighted by atomic mass is 10.0. The molecule has 0 bridgehead atoms. The van der Waals surface area contributed by atoms with Crippen molar-refractivity contribution in [1.82, 2.24) is 19.6 Å². The summed E-state index contributed by atoms with van der Waals surface area (Å²) in [5, 5.41) is 8.06. The number of nitrogens with two attached hydrogens (primary N) is 1. The average molecular weight is 191 g/mol. The molecule has 5 nitrogen and oxygen atoms in total. The van der Waals surface area contributed by atoms with Crippen molar-refractivity contribution in [2.75, 3.05) is 0 Å². The monoisotopic (exact) mass is 191 g/mol. The fraction of sp³-hybridized carbons (Fsp3) is 0.444. The fourth-order valence-electron chi connectivity index (χ4n) is 1.31. The van der Waals surface area contributed by atoms with Crippen molar-refractivity contribution in [1.29, 1.82) is 0 Å². The number of aromatic nitrogens is 4. The maximum absolute atomic E-state index is 5.82. The van der Waals surface area contributed by atoms with E-state index in [-0.39, 0.29) is 12.0 Å². The van der Waals surface area contributed by atoms with Gasteiger partial charge in [0.15, 0.2) is 0 Å². The van der Waals surface area contributed by atoms with Crippen LogP contribution in [0.25, 0.3) is 5.78 Å². The first-order chi connectivity index (χ1) is 6.70. The van der Waals surface area contributed by atoms with E-state index < -0.39 is 0 Å². The van der Waals surface area contributed by atoms with Crippen molar-refractivity contribution >= 4 is 5.78 Å². The molecule has 2 heterocycles. The third-order valence-corrected chi connectivity index (χ3v) is 2.41. The highest BCUT2D eigenvalue weighted by Crippen LogP contribution is 2.15. The van der Waals surface area contributed by atoms with Crippen molar-refractivity contribution in [2.24, 2.45) is 5.73 Å². The summed E-state index contributed by atoms with van der Waals surface area (Å²) in [6, 6.07) is 1.91. The minimum atomic E-state index is 0.0580. The van der Waals surface area contributed by atoms with E-state index in [0.717, 1.165) is 5.82 Å². The zero-order valence-corrected chi connectivity index (χ0v) is 8.25. The highest BCUT2D eigenvalue weighted by atomic mass is 15.3. The van der Waals surface area contributed by atoms with Crippen LogP contribution in [-0.4, -0.2) is 25.6 Å². The number of hydrogen-bond donors (Lipinski definition) is 1. The number of rotatable bonds is 2. The SMILES string of the molecule is CC(N)C(C)c1nnc2ncccn12. The molecule has 5 heteroatoms. The van der Waals surface area contributed by atoms with Gasteiger partial charge in [-0.2, -0.15) is 0 Å². The van der Waals surface area contributed by atoms with Gasteiger partial charge >= 0.3 is 0 Å². The van der Waals surface area contributed by atoms with Crippen LogP contribution in [0.4, 0.5) is 0 Å². The molecular formula is C9H13N5. The van der Waals surface area contributed by atoms with Crippen LogP contribution in [0, 0.1) is 0 Å². The Morgan fingerprint density at radius 3 is 2.86 bits per heavy atom. The van der Waals surface area contributed by atoms with Gasteiger partial charge in [-0.25, -0.2) is 4.98 Å². The third-order valence-electron chi connectivity index (χ3n) is 2.41. The number of fused-ring (bicyclic) bond motifs is 1. The number of nitrogens with zero attached hydrogens (tertiary/aromatic N) is 4. The van der Waals surface area contributed by atoms with Crippen molar-refractivity contribution in [3.63, 3.8) is 0 Å². The van der Waals surface area contributed by atoms with Crippen LogP contribution in [0.5, 0.6) is 0 Å². The predicted molar refractivity (Wildman–Crippen MR) is 52.8 cm³/mol. The molecule has 0 saturated carbocycles. The largest absolute Gasteiger partial charge is 0.327 e. The van der Waals surface area contributed by atoms with Gasteiger partial charge in [-0.05, 0) is 13.0 Å². The third kappa shape index (κ3) is 1.35. The maximum Gasteiger partial charge on any atom is 0.254 e. The summed E-state index contributed by atoms with van der Waals surface area (Å²) in [6.07, 6.45) is 3.60. The molecule has 0 radical (unpaired) electrons. The Morgan fingerprint density at radius 2 is 2.14 bits per heavy atom. The van der Waals surface area contributed by atoms with Crippen LogP contribution in [-0.2, 0) is 0 Å². The molecule has 0 aliphatic rings. The summed E-state index contributed by atoms with van der Waals surface area (Å²) < 4.78 is 1.87. The molecule has 2 atom stereocenters. The van der Waals surface area contributed by atoms with E-state index >= 15 is 0 Å². The van der Waals surface area contributed by atoms with E-state index in [0.29, 0.717) is 5.78 Å². The van der Waals surface area contributed by atoms with Crippen molar-refractivity contribution in [3.05, 3.63) is 24.3 Å². The molecule has 2 aromatic rings. The average Bonchev–Trinajstić information content (AvgIpc) is 2.60. The van der Waals surface area contributed by atoms with Crippen LogP contribution >= 0.6 is 0 Å². The molecule has 14 heavy (non-hydrogen) atoms. The number of hydrogen-bond acceptors (Lipinski definition) is 4. The Bertz CT molecular complexity index is 433. The molecule has 2 rings (SSSR count). The molecule has 0 aliphatic carbocycles. The second kappa shape index (κ2) is 3.34. The Kier molecular flexibility index (Phi) is 2.17. The standard InChI is InChI=1S/C9H13N5/c1-6(7(2)10)8-12-13-9-11-4-3-5-14(8)9/h3-7H,10H2,1-2H3. The van der Waals surface area contributed by atoms with E-state index in [1.807, 2.05) is 30.5 Å². The Morgan fingerprint density at radius 1 is 1.36 bits per heavy atom. The Hall–Kier alpha value is -1.49. The van der Waals surface area contributed by atoms with Gasteiger partial charge in [0.1, 0.15) is 5.82 Å². The molecular weight excluding hydrogens is 178 g/mol. The molecule has 0 spiro atoms. The van der Waals surface area contributed by atoms with Gasteiger partial charge in [-0.1, -0.05) is 6.92 Å². The molecule has 0 amide bonds. The maximum atomic E-state index is 5.82. The summed E-state index contributed by atoms with van der Waals surface area (Å²) in [5.74, 6) is 1.66. The second-order valence-electron chi connectivity index (χ2n) is 3.50. The van der Waals surface area contributed by atoms with Gasteiger partial charge in [0.25, 0.3) is 5.78 Å². The first-order valence-electron chi connectivity index (χ1n) is 4.61. The Balaban J connectivity index is 2.53. The summed E-state index contributed by atoms with van der Waals surface area (Å²) in [7, 11) is 0. The van der Waals surface area contributed by atoms with E-state index in [1.54, 1.807) is 6.20 Å². The van der Waals surface area contributed by atoms with Crippen molar-refractivity contribution < 1.29 is 0 Å². The summed E-state index contributed by atoms with van der Waals surface area (Å²) in [6.45, 7) is 4.00. The first-order valence-corrected chi connectivity index (χ1v) is 4.61. The molecule has 2 unspecified atom stereocenters. The minimum Gasteiger partial charge on any atom is -0.327 e. The summed E-state index contributed by atoms with van der Waals surface area (Å²) >= 11 is 0. The van der Waals surface area contributed by atoms with Crippen LogP contribution in [0.2, 0.25) is 0 Å². The highest BCUT2D eigenvalue weighted by molar-refractivity contribution is 5.27. The van der Waals surface area contributed by atoms with Crippen molar-refractivity contribution in [3.8, 4) is 0 Å². The van der Waals surface area contributed by atoms with E-state index in [1.165, 1.54) is 0 Å². The van der Waals surface area contributed by atoms with Gasteiger partial charge in [0.05, 0.1) is 0 Å². The zero-order chi connectivity index (χ0) is 10.1. The van der Waals surface area contributed by atoms with Gasteiger partial charge in [-0.3, -0.25) is 4.40 Å². The van der Waals surface area contributed by atoms with Crippen LogP contribution in [0.3, 0.4) is 0 Å². The van der Waals surface area contributed by atoms with Gasteiger partial charge in [-0.15, -0.1) is 10.2 Å².